The number of nitrogens with one attached hydrogen (secondary N) is 1. The molecule has 15 heavy (non-hydrogen) atoms. The van der Waals surface area contributed by atoms with Crippen molar-refractivity contribution in [2.45, 2.75) is 31.7 Å². The molecule has 0 saturated carbocycles. The smallest absolute Gasteiger partial charge is 0.0506 e. The second-order valence-corrected chi connectivity index (χ2v) is 5.00. The molecule has 2 rings (SSSR count). The monoisotopic (exact) mass is 212 g/mol. The normalized spacial score (nSPS) is 29.6. The molecule has 0 aromatic carbocycles. The molecule has 2 heterocycles. The molecule has 2 aliphatic rings. The van der Waals surface area contributed by atoms with Crippen LogP contribution in [-0.2, 0) is 4.74 Å². The van der Waals surface area contributed by atoms with Crippen LogP contribution >= 0.6 is 0 Å². The van der Waals surface area contributed by atoms with Gasteiger partial charge >= 0.3 is 0 Å². The largest absolute Gasteiger partial charge is 0.381 e. The molecular weight excluding hydrogens is 188 g/mol. The van der Waals surface area contributed by atoms with E-state index >= 15 is 0 Å². The Balaban J connectivity index is 1.72. The zero-order chi connectivity index (χ0) is 10.5. The van der Waals surface area contributed by atoms with Crippen molar-refractivity contribution in [3.63, 3.8) is 0 Å². The first-order valence-electron chi connectivity index (χ1n) is 6.35. The van der Waals surface area contributed by atoms with Crippen LogP contribution in [0.25, 0.3) is 0 Å². The maximum absolute atomic E-state index is 5.53. The van der Waals surface area contributed by atoms with Crippen LogP contribution in [0.1, 0.15) is 25.7 Å². The summed E-state index contributed by atoms with van der Waals surface area (Å²) >= 11 is 0. The van der Waals surface area contributed by atoms with Gasteiger partial charge in [0.25, 0.3) is 0 Å². The molecule has 2 aliphatic heterocycles. The molecule has 0 amide bonds. The van der Waals surface area contributed by atoms with Crippen molar-refractivity contribution in [2.75, 3.05) is 39.9 Å². The number of nitrogens with zero attached hydrogens (tertiary/aromatic N) is 1. The third-order valence-corrected chi connectivity index (χ3v) is 3.73. The lowest BCUT2D eigenvalue weighted by atomic mass is 9.99. The lowest BCUT2D eigenvalue weighted by Crippen LogP contribution is -2.43. The van der Waals surface area contributed by atoms with Gasteiger partial charge < -0.3 is 15.0 Å². The maximum Gasteiger partial charge on any atom is 0.0506 e. The van der Waals surface area contributed by atoms with E-state index in [2.05, 4.69) is 17.3 Å². The summed E-state index contributed by atoms with van der Waals surface area (Å²) in [5.41, 5.74) is 0. The molecule has 3 nitrogen and oxygen atoms in total. The van der Waals surface area contributed by atoms with E-state index < -0.39 is 0 Å². The van der Waals surface area contributed by atoms with Gasteiger partial charge in [-0.25, -0.2) is 0 Å². The molecule has 88 valence electrons. The Bertz CT molecular complexity index is 174. The highest BCUT2D eigenvalue weighted by atomic mass is 16.5. The van der Waals surface area contributed by atoms with Crippen LogP contribution in [0.2, 0.25) is 0 Å². The van der Waals surface area contributed by atoms with Crippen LogP contribution in [0.4, 0.5) is 0 Å². The molecule has 2 saturated heterocycles. The van der Waals surface area contributed by atoms with Crippen molar-refractivity contribution in [3.05, 3.63) is 0 Å². The van der Waals surface area contributed by atoms with Gasteiger partial charge in [-0.3, -0.25) is 0 Å². The molecule has 1 atom stereocenters. The molecular formula is C12H24N2O. The van der Waals surface area contributed by atoms with Crippen LogP contribution in [0.15, 0.2) is 0 Å². The minimum atomic E-state index is 0.777. The van der Waals surface area contributed by atoms with Crippen LogP contribution in [0, 0.1) is 5.92 Å². The van der Waals surface area contributed by atoms with Gasteiger partial charge in [0.2, 0.25) is 0 Å². The first-order chi connectivity index (χ1) is 7.36. The molecule has 0 spiro atoms. The first-order valence-corrected chi connectivity index (χ1v) is 6.35. The van der Waals surface area contributed by atoms with Gasteiger partial charge in [-0.15, -0.1) is 0 Å². The fourth-order valence-electron chi connectivity index (χ4n) is 2.76. The predicted octanol–water partition coefficient (Wildman–Crippen LogP) is 1.10. The summed E-state index contributed by atoms with van der Waals surface area (Å²) in [5.74, 6) is 0.777. The quantitative estimate of drug-likeness (QED) is 0.758. The SMILES string of the molecule is CN(CC1CCCOC1)C1CCNCC1. The summed E-state index contributed by atoms with van der Waals surface area (Å²) in [4.78, 5) is 2.56. The zero-order valence-corrected chi connectivity index (χ0v) is 9.87. The lowest BCUT2D eigenvalue weighted by molar-refractivity contribution is 0.0338. The number of ether oxygens (including phenoxy) is 1. The molecule has 0 radical (unpaired) electrons. The van der Waals surface area contributed by atoms with E-state index in [9.17, 15) is 0 Å². The van der Waals surface area contributed by atoms with Gasteiger partial charge in [-0.1, -0.05) is 0 Å². The Morgan fingerprint density at radius 3 is 2.73 bits per heavy atom. The van der Waals surface area contributed by atoms with Crippen LogP contribution < -0.4 is 5.32 Å². The van der Waals surface area contributed by atoms with Gasteiger partial charge in [0.05, 0.1) is 6.61 Å². The van der Waals surface area contributed by atoms with Gasteiger partial charge in [0, 0.05) is 19.2 Å². The Hall–Kier alpha value is -0.120. The van der Waals surface area contributed by atoms with E-state index in [1.165, 1.54) is 45.3 Å². The fraction of sp³-hybridized carbons (Fsp3) is 1.00. The second-order valence-electron chi connectivity index (χ2n) is 5.00. The Morgan fingerprint density at radius 2 is 2.07 bits per heavy atom. The molecule has 3 heteroatoms. The molecule has 0 aromatic heterocycles. The Labute approximate surface area is 93.2 Å². The minimum Gasteiger partial charge on any atom is -0.381 e. The van der Waals surface area contributed by atoms with E-state index in [0.717, 1.165) is 25.2 Å². The number of hydrogen-bond donors (Lipinski definition) is 1. The summed E-state index contributed by atoms with van der Waals surface area (Å²) in [6, 6.07) is 0.799. The van der Waals surface area contributed by atoms with E-state index in [1.807, 2.05) is 0 Å². The van der Waals surface area contributed by atoms with Crippen LogP contribution in [0.3, 0.4) is 0 Å². The molecule has 2 fully saturated rings. The zero-order valence-electron chi connectivity index (χ0n) is 9.87. The third-order valence-electron chi connectivity index (χ3n) is 3.73. The molecule has 0 aliphatic carbocycles. The van der Waals surface area contributed by atoms with E-state index in [4.69, 9.17) is 4.74 Å². The van der Waals surface area contributed by atoms with Crippen molar-refractivity contribution in [1.82, 2.24) is 10.2 Å². The minimum absolute atomic E-state index is 0.777. The van der Waals surface area contributed by atoms with Gasteiger partial charge in [0.15, 0.2) is 0 Å². The molecule has 0 aromatic rings. The number of hydrogen-bond acceptors (Lipinski definition) is 3. The lowest BCUT2D eigenvalue weighted by Gasteiger charge is -2.35. The topological polar surface area (TPSA) is 24.5 Å². The average molecular weight is 212 g/mol. The highest BCUT2D eigenvalue weighted by molar-refractivity contribution is 4.78. The molecule has 0 bridgehead atoms. The van der Waals surface area contributed by atoms with Crippen molar-refractivity contribution >= 4 is 0 Å². The van der Waals surface area contributed by atoms with Crippen molar-refractivity contribution in [3.8, 4) is 0 Å². The van der Waals surface area contributed by atoms with E-state index in [0.29, 0.717) is 0 Å². The highest BCUT2D eigenvalue weighted by Gasteiger charge is 2.22. The van der Waals surface area contributed by atoms with Gasteiger partial charge in [-0.05, 0) is 51.7 Å². The maximum atomic E-state index is 5.53. The molecule has 1 unspecified atom stereocenters. The number of piperidine rings is 1. The summed E-state index contributed by atoms with van der Waals surface area (Å²) in [7, 11) is 2.28. The van der Waals surface area contributed by atoms with E-state index in [1.54, 1.807) is 0 Å². The first kappa shape index (κ1) is 11.4. The Morgan fingerprint density at radius 1 is 1.27 bits per heavy atom. The molecule has 1 N–H and O–H groups in total. The Kier molecular flexibility index (Phi) is 4.42. The van der Waals surface area contributed by atoms with Crippen LogP contribution in [-0.4, -0.2) is 50.8 Å². The van der Waals surface area contributed by atoms with Gasteiger partial charge in [0.1, 0.15) is 0 Å². The van der Waals surface area contributed by atoms with E-state index in [-0.39, 0.29) is 0 Å². The predicted molar refractivity (Wildman–Crippen MR) is 62.1 cm³/mol. The third kappa shape index (κ3) is 3.44. The average Bonchev–Trinajstić information content (AvgIpc) is 2.31. The number of rotatable bonds is 3. The highest BCUT2D eigenvalue weighted by Crippen LogP contribution is 2.17. The summed E-state index contributed by atoms with van der Waals surface area (Å²) in [5, 5.41) is 3.42. The standard InChI is InChI=1S/C12H24N2O/c1-14(12-4-6-13-7-5-12)9-11-3-2-8-15-10-11/h11-13H,2-10H2,1H3. The fourth-order valence-corrected chi connectivity index (χ4v) is 2.76. The second kappa shape index (κ2) is 5.83. The van der Waals surface area contributed by atoms with Crippen molar-refractivity contribution < 1.29 is 4.74 Å². The summed E-state index contributed by atoms with van der Waals surface area (Å²) < 4.78 is 5.53. The van der Waals surface area contributed by atoms with Gasteiger partial charge in [-0.2, -0.15) is 0 Å². The van der Waals surface area contributed by atoms with Crippen molar-refractivity contribution in [2.24, 2.45) is 5.92 Å². The van der Waals surface area contributed by atoms with Crippen molar-refractivity contribution in [1.29, 1.82) is 0 Å². The summed E-state index contributed by atoms with van der Waals surface area (Å²) in [6.07, 6.45) is 5.23. The summed E-state index contributed by atoms with van der Waals surface area (Å²) in [6.45, 7) is 5.57. The van der Waals surface area contributed by atoms with Crippen LogP contribution in [0.5, 0.6) is 0 Å².